The van der Waals surface area contributed by atoms with Crippen LogP contribution in [0, 0.1) is 5.41 Å². The van der Waals surface area contributed by atoms with Crippen LogP contribution in [-0.4, -0.2) is 65.8 Å². The topological polar surface area (TPSA) is 49.7 Å². The molecule has 0 aromatic heterocycles. The Bertz CT molecular complexity index is 575. The number of hydrogen-bond donors (Lipinski definition) is 2. The van der Waals surface area contributed by atoms with Crippen molar-refractivity contribution in [3.8, 4) is 0 Å². The van der Waals surface area contributed by atoms with E-state index in [-0.39, 0.29) is 0 Å². The zero-order valence-electron chi connectivity index (χ0n) is 13.5. The summed E-state index contributed by atoms with van der Waals surface area (Å²) in [4.78, 5) is 0. The zero-order valence-corrected chi connectivity index (χ0v) is 13.5. The maximum Gasteiger partial charge on any atom is 0.451 e. The second-order valence-electron chi connectivity index (χ2n) is 5.70. The Morgan fingerprint density at radius 2 is 0.867 bits per heavy atom. The van der Waals surface area contributed by atoms with Crippen LogP contribution in [-0.2, 0) is 4.74 Å². The lowest BCUT2D eigenvalue weighted by atomic mass is 9.74. The molecular formula is C11H8F16O3. The average Bonchev–Trinajstić information content (AvgIpc) is 2.46. The van der Waals surface area contributed by atoms with Crippen LogP contribution < -0.4 is 0 Å². The lowest BCUT2D eigenvalue weighted by Crippen LogP contribution is -2.68. The van der Waals surface area contributed by atoms with Gasteiger partial charge in [-0.15, -0.1) is 0 Å². The van der Waals surface area contributed by atoms with Crippen molar-refractivity contribution in [1.29, 1.82) is 0 Å². The van der Waals surface area contributed by atoms with Crippen LogP contribution in [0.5, 0.6) is 0 Å². The summed E-state index contributed by atoms with van der Waals surface area (Å²) in [5.41, 5.74) is -13.6. The van der Waals surface area contributed by atoms with Crippen molar-refractivity contribution in [2.45, 2.75) is 48.8 Å². The van der Waals surface area contributed by atoms with E-state index in [1.807, 2.05) is 4.74 Å². The fourth-order valence-electron chi connectivity index (χ4n) is 1.93. The first-order chi connectivity index (χ1) is 12.8. The molecule has 182 valence electrons. The number of alkyl halides is 16. The van der Waals surface area contributed by atoms with Crippen LogP contribution in [0.1, 0.15) is 6.42 Å². The van der Waals surface area contributed by atoms with Gasteiger partial charge in [0.2, 0.25) is 5.67 Å². The number of hydrogen-bond acceptors (Lipinski definition) is 3. The molecule has 3 nitrogen and oxygen atoms in total. The molecule has 0 bridgehead atoms. The van der Waals surface area contributed by atoms with Gasteiger partial charge in [0.1, 0.15) is 6.61 Å². The van der Waals surface area contributed by atoms with Crippen LogP contribution in [0.15, 0.2) is 0 Å². The van der Waals surface area contributed by atoms with Gasteiger partial charge in [0.05, 0.1) is 6.61 Å². The van der Waals surface area contributed by atoms with E-state index in [0.29, 0.717) is 0 Å². The molecule has 19 heteroatoms. The van der Waals surface area contributed by atoms with Gasteiger partial charge in [-0.25, -0.2) is 4.39 Å². The lowest BCUT2D eigenvalue weighted by molar-refractivity contribution is -0.508. The molecule has 2 atom stereocenters. The molecule has 0 aliphatic carbocycles. The fourth-order valence-corrected chi connectivity index (χ4v) is 1.93. The summed E-state index contributed by atoms with van der Waals surface area (Å²) in [5, 5.41) is 16.4. The smallest absolute Gasteiger partial charge is 0.393 e. The van der Waals surface area contributed by atoms with E-state index < -0.39 is 67.4 Å². The SMILES string of the molecule is OCC(F)(CC(C(F)(F)F)(C(F)(F)F)C(F)(F)OC(F)(CO)C(F)(F)F)C(F)(F)F. The summed E-state index contributed by atoms with van der Waals surface area (Å²) in [6.45, 7) is -6.68. The van der Waals surface area contributed by atoms with Gasteiger partial charge >= 0.3 is 36.7 Å². The van der Waals surface area contributed by atoms with Gasteiger partial charge in [-0.05, 0) is 0 Å². The highest BCUT2D eigenvalue weighted by atomic mass is 19.4. The van der Waals surface area contributed by atoms with Gasteiger partial charge in [0, 0.05) is 6.42 Å². The molecule has 0 aromatic rings. The Morgan fingerprint density at radius 3 is 1.07 bits per heavy atom. The van der Waals surface area contributed by atoms with E-state index in [4.69, 9.17) is 10.2 Å². The fraction of sp³-hybridized carbons (Fsp3) is 1.00. The second kappa shape index (κ2) is 7.72. The molecule has 0 saturated carbocycles. The van der Waals surface area contributed by atoms with Crippen molar-refractivity contribution in [2.24, 2.45) is 5.41 Å². The minimum absolute atomic E-state index is 1.93. The summed E-state index contributed by atoms with van der Waals surface area (Å²) >= 11 is 0. The Hall–Kier alpha value is -1.24. The molecule has 0 heterocycles. The number of halogens is 16. The normalized spacial score (nSPS) is 19.4. The highest BCUT2D eigenvalue weighted by Gasteiger charge is 2.87. The first kappa shape index (κ1) is 28.8. The Balaban J connectivity index is 7.09. The minimum Gasteiger partial charge on any atom is -0.393 e. The molecule has 0 aromatic carbocycles. The average molecular weight is 492 g/mol. The first-order valence-corrected chi connectivity index (χ1v) is 6.73. The highest BCUT2D eigenvalue weighted by molar-refractivity contribution is 5.07. The number of rotatable bonds is 7. The molecule has 0 saturated heterocycles. The molecule has 0 fully saturated rings. The van der Waals surface area contributed by atoms with Crippen molar-refractivity contribution in [2.75, 3.05) is 13.2 Å². The molecule has 30 heavy (non-hydrogen) atoms. The van der Waals surface area contributed by atoms with Crippen molar-refractivity contribution in [1.82, 2.24) is 0 Å². The molecule has 0 aliphatic heterocycles. The quantitative estimate of drug-likeness (QED) is 0.512. The van der Waals surface area contributed by atoms with Crippen molar-refractivity contribution >= 4 is 0 Å². The van der Waals surface area contributed by atoms with Crippen LogP contribution in [0.25, 0.3) is 0 Å². The van der Waals surface area contributed by atoms with Crippen molar-refractivity contribution < 1.29 is 85.2 Å². The van der Waals surface area contributed by atoms with Crippen LogP contribution in [0.3, 0.4) is 0 Å². The molecule has 2 unspecified atom stereocenters. The Morgan fingerprint density at radius 1 is 0.500 bits per heavy atom. The number of ether oxygens (including phenoxy) is 1. The Labute approximate surface area is 154 Å². The van der Waals surface area contributed by atoms with Gasteiger partial charge in [-0.3, -0.25) is 4.74 Å². The third-order valence-corrected chi connectivity index (χ3v) is 3.69. The molecular weight excluding hydrogens is 484 g/mol. The van der Waals surface area contributed by atoms with Gasteiger partial charge < -0.3 is 10.2 Å². The van der Waals surface area contributed by atoms with E-state index in [1.165, 1.54) is 0 Å². The maximum atomic E-state index is 13.9. The summed E-state index contributed by atoms with van der Waals surface area (Å²) in [6, 6.07) is 0. The summed E-state index contributed by atoms with van der Waals surface area (Å²) in [7, 11) is 0. The van der Waals surface area contributed by atoms with E-state index in [0.717, 1.165) is 0 Å². The van der Waals surface area contributed by atoms with E-state index in [1.54, 1.807) is 0 Å². The monoisotopic (exact) mass is 492 g/mol. The molecule has 0 amide bonds. The second-order valence-corrected chi connectivity index (χ2v) is 5.70. The Kier molecular flexibility index (Phi) is 7.40. The van der Waals surface area contributed by atoms with Crippen LogP contribution in [0.2, 0.25) is 0 Å². The standard InChI is InChI=1S/C11H8F16O3/c12-4(2-28,7(14,15)16)1-5(8(17,18)19,9(20,21)22)11(26,27)30-6(13,3-29)10(23,24)25/h28-29H,1-3H2. The largest absolute Gasteiger partial charge is 0.451 e. The van der Waals surface area contributed by atoms with E-state index >= 15 is 0 Å². The lowest BCUT2D eigenvalue weighted by Gasteiger charge is -2.46. The summed E-state index contributed by atoms with van der Waals surface area (Å²) in [5.74, 6) is -6.35. The number of aliphatic hydroxyl groups excluding tert-OH is 2. The molecule has 2 N–H and O–H groups in total. The molecule has 0 spiro atoms. The van der Waals surface area contributed by atoms with E-state index in [2.05, 4.69) is 0 Å². The van der Waals surface area contributed by atoms with E-state index in [9.17, 15) is 70.2 Å². The third-order valence-electron chi connectivity index (χ3n) is 3.69. The van der Waals surface area contributed by atoms with Crippen LogP contribution in [0.4, 0.5) is 70.2 Å². The molecule has 0 aliphatic rings. The number of aliphatic hydroxyl groups is 2. The van der Waals surface area contributed by atoms with Gasteiger partial charge in [-0.2, -0.15) is 65.9 Å². The summed E-state index contributed by atoms with van der Waals surface area (Å²) < 4.78 is 210. The van der Waals surface area contributed by atoms with Gasteiger partial charge in [0.15, 0.2) is 0 Å². The molecule has 0 radical (unpaired) electrons. The first-order valence-electron chi connectivity index (χ1n) is 6.73. The zero-order chi connectivity index (χ0) is 24.8. The van der Waals surface area contributed by atoms with Gasteiger partial charge in [0.25, 0.3) is 5.41 Å². The van der Waals surface area contributed by atoms with Crippen molar-refractivity contribution in [3.05, 3.63) is 0 Å². The third kappa shape index (κ3) is 4.66. The van der Waals surface area contributed by atoms with Gasteiger partial charge in [-0.1, -0.05) is 0 Å². The highest BCUT2D eigenvalue weighted by Crippen LogP contribution is 2.65. The predicted molar refractivity (Wildman–Crippen MR) is 59.2 cm³/mol. The minimum atomic E-state index is -7.77. The molecule has 0 rings (SSSR count). The van der Waals surface area contributed by atoms with Crippen LogP contribution >= 0.6 is 0 Å². The van der Waals surface area contributed by atoms with Crippen molar-refractivity contribution in [3.63, 3.8) is 0 Å². The summed E-state index contributed by atoms with van der Waals surface area (Å²) in [6.07, 6.45) is -41.5. The maximum absolute atomic E-state index is 13.9. The predicted octanol–water partition coefficient (Wildman–Crippen LogP) is 4.58.